The Morgan fingerprint density at radius 1 is 1.50 bits per heavy atom. The van der Waals surface area contributed by atoms with Gasteiger partial charge >= 0.3 is 0 Å². The molecule has 1 heterocycles. The first-order chi connectivity index (χ1) is 6.76. The molecule has 0 saturated heterocycles. The summed E-state index contributed by atoms with van der Waals surface area (Å²) in [5, 5.41) is 2.02. The first kappa shape index (κ1) is 10.1. The fourth-order valence-electron chi connectivity index (χ4n) is 1.35. The summed E-state index contributed by atoms with van der Waals surface area (Å²) in [5.41, 5.74) is 1.13. The summed E-state index contributed by atoms with van der Waals surface area (Å²) in [7, 11) is 1.67. The molecule has 0 unspecified atom stereocenters. The van der Waals surface area contributed by atoms with Crippen LogP contribution in [0.1, 0.15) is 5.56 Å². The molecule has 0 aliphatic carbocycles. The van der Waals surface area contributed by atoms with Crippen molar-refractivity contribution >= 4 is 45.7 Å². The molecule has 0 atom stereocenters. The fraction of sp³-hybridized carbons (Fsp3) is 0.200. The van der Waals surface area contributed by atoms with Gasteiger partial charge in [0.25, 0.3) is 0 Å². The third-order valence-electron chi connectivity index (χ3n) is 2.06. The molecular weight excluding hydrogens is 236 g/mol. The summed E-state index contributed by atoms with van der Waals surface area (Å²) >= 11 is 11.9. The third-order valence-corrected chi connectivity index (χ3v) is 3.91. The number of halogens is 1. The van der Waals surface area contributed by atoms with Gasteiger partial charge in [-0.2, -0.15) is 0 Å². The average molecular weight is 245 g/mol. The van der Waals surface area contributed by atoms with Gasteiger partial charge in [-0.05, 0) is 11.6 Å². The highest BCUT2D eigenvalue weighted by Gasteiger charge is 2.08. The van der Waals surface area contributed by atoms with Crippen molar-refractivity contribution in [2.45, 2.75) is 10.8 Å². The summed E-state index contributed by atoms with van der Waals surface area (Å²) in [5.74, 6) is 0.522. The number of benzene rings is 1. The molecule has 0 aliphatic rings. The van der Waals surface area contributed by atoms with Crippen molar-refractivity contribution in [3.8, 4) is 5.06 Å². The molecule has 14 heavy (non-hydrogen) atoms. The number of hydrogen-bond acceptors (Lipinski definition) is 3. The largest absolute Gasteiger partial charge is 0.487 e. The Hall–Kier alpha value is -0.380. The molecule has 1 nitrogen and oxygen atoms in total. The number of methoxy groups -OCH3 is 1. The molecule has 0 saturated carbocycles. The zero-order chi connectivity index (χ0) is 10.1. The van der Waals surface area contributed by atoms with Crippen molar-refractivity contribution in [3.05, 3.63) is 23.8 Å². The van der Waals surface area contributed by atoms with E-state index in [1.54, 1.807) is 18.4 Å². The Morgan fingerprint density at radius 2 is 2.29 bits per heavy atom. The molecule has 1 aromatic heterocycles. The van der Waals surface area contributed by atoms with Crippen molar-refractivity contribution in [1.29, 1.82) is 0 Å². The van der Waals surface area contributed by atoms with Crippen molar-refractivity contribution in [2.75, 3.05) is 7.11 Å². The molecule has 0 fully saturated rings. The van der Waals surface area contributed by atoms with Gasteiger partial charge in [0.1, 0.15) is 0 Å². The maximum atomic E-state index is 5.85. The number of rotatable bonds is 2. The maximum Gasteiger partial charge on any atom is 0.174 e. The first-order valence-electron chi connectivity index (χ1n) is 4.10. The number of fused-ring (bicyclic) bond motifs is 1. The van der Waals surface area contributed by atoms with Crippen LogP contribution in [0.4, 0.5) is 0 Å². The Bertz CT molecular complexity index is 464. The zero-order valence-corrected chi connectivity index (χ0v) is 10.0. The summed E-state index contributed by atoms with van der Waals surface area (Å²) in [6.45, 7) is 0. The van der Waals surface area contributed by atoms with Gasteiger partial charge in [-0.3, -0.25) is 0 Å². The van der Waals surface area contributed by atoms with Crippen LogP contribution in [-0.4, -0.2) is 7.11 Å². The molecule has 0 amide bonds. The lowest BCUT2D eigenvalue weighted by molar-refractivity contribution is 0.427. The Labute approximate surface area is 97.1 Å². The van der Waals surface area contributed by atoms with Crippen LogP contribution in [-0.2, 0) is 5.88 Å². The van der Waals surface area contributed by atoms with E-state index in [1.807, 2.05) is 18.2 Å². The predicted molar refractivity (Wildman–Crippen MR) is 65.2 cm³/mol. The number of thiophene rings is 1. The number of alkyl halides is 1. The second kappa shape index (κ2) is 4.01. The molecule has 0 N–H and O–H groups in total. The first-order valence-corrected chi connectivity index (χ1v) is 5.90. The molecule has 2 aromatic rings. The summed E-state index contributed by atoms with van der Waals surface area (Å²) in [6.07, 6.45) is 0. The quantitative estimate of drug-likeness (QED) is 0.622. The summed E-state index contributed by atoms with van der Waals surface area (Å²) in [4.78, 5) is 0.966. The number of hydrogen-bond donors (Lipinski definition) is 1. The topological polar surface area (TPSA) is 9.23 Å². The van der Waals surface area contributed by atoms with Gasteiger partial charge < -0.3 is 4.74 Å². The molecule has 0 spiro atoms. The van der Waals surface area contributed by atoms with E-state index in [-0.39, 0.29) is 0 Å². The maximum absolute atomic E-state index is 5.85. The normalized spacial score (nSPS) is 10.8. The standard InChI is InChI=1S/C10H9ClOS2/c1-12-9-4-7-8(13)3-2-6(5-11)10(7)14-9/h2-4,13H,5H2,1H3. The Kier molecular flexibility index (Phi) is 2.91. The van der Waals surface area contributed by atoms with Gasteiger partial charge in [-0.25, -0.2) is 0 Å². The van der Waals surface area contributed by atoms with Crippen molar-refractivity contribution in [2.24, 2.45) is 0 Å². The Balaban J connectivity index is 2.74. The minimum absolute atomic E-state index is 0.522. The van der Waals surface area contributed by atoms with E-state index in [0.717, 1.165) is 20.9 Å². The van der Waals surface area contributed by atoms with Crippen molar-refractivity contribution < 1.29 is 4.74 Å². The summed E-state index contributed by atoms with van der Waals surface area (Å²) in [6, 6.07) is 5.97. The summed E-state index contributed by atoms with van der Waals surface area (Å²) < 4.78 is 6.37. The lowest BCUT2D eigenvalue weighted by atomic mass is 10.2. The van der Waals surface area contributed by atoms with Crippen LogP contribution in [0.25, 0.3) is 10.1 Å². The van der Waals surface area contributed by atoms with E-state index >= 15 is 0 Å². The Morgan fingerprint density at radius 3 is 2.93 bits per heavy atom. The van der Waals surface area contributed by atoms with E-state index in [1.165, 1.54) is 4.70 Å². The van der Waals surface area contributed by atoms with Crippen molar-refractivity contribution in [1.82, 2.24) is 0 Å². The van der Waals surface area contributed by atoms with Gasteiger partial charge in [0.15, 0.2) is 5.06 Å². The molecule has 0 radical (unpaired) electrons. The lowest BCUT2D eigenvalue weighted by Gasteiger charge is -1.99. The van der Waals surface area contributed by atoms with Crippen LogP contribution in [0.3, 0.4) is 0 Å². The van der Waals surface area contributed by atoms with Crippen molar-refractivity contribution in [3.63, 3.8) is 0 Å². The van der Waals surface area contributed by atoms with Gasteiger partial charge in [0.2, 0.25) is 0 Å². The van der Waals surface area contributed by atoms with E-state index in [9.17, 15) is 0 Å². The van der Waals surface area contributed by atoms with E-state index < -0.39 is 0 Å². The lowest BCUT2D eigenvalue weighted by Crippen LogP contribution is -1.77. The number of thiol groups is 1. The highest BCUT2D eigenvalue weighted by atomic mass is 35.5. The molecule has 0 bridgehead atoms. The van der Waals surface area contributed by atoms with Crippen LogP contribution in [0.5, 0.6) is 5.06 Å². The number of ether oxygens (including phenoxy) is 1. The van der Waals surface area contributed by atoms with Gasteiger partial charge in [-0.15, -0.1) is 24.2 Å². The molecule has 1 aromatic carbocycles. The molecule has 4 heteroatoms. The second-order valence-electron chi connectivity index (χ2n) is 2.89. The van der Waals surface area contributed by atoms with Gasteiger partial charge in [-0.1, -0.05) is 17.4 Å². The highest BCUT2D eigenvalue weighted by Crippen LogP contribution is 2.37. The molecule has 74 valence electrons. The second-order valence-corrected chi connectivity index (χ2v) is 4.65. The predicted octanol–water partition coefficient (Wildman–Crippen LogP) is 3.94. The smallest absolute Gasteiger partial charge is 0.174 e. The van der Waals surface area contributed by atoms with E-state index in [0.29, 0.717) is 5.88 Å². The minimum atomic E-state index is 0.522. The fourth-order valence-corrected chi connectivity index (χ4v) is 2.99. The minimum Gasteiger partial charge on any atom is -0.487 e. The van der Waals surface area contributed by atoms with Crippen LogP contribution in [0, 0.1) is 0 Å². The third kappa shape index (κ3) is 1.60. The highest BCUT2D eigenvalue weighted by molar-refractivity contribution is 7.80. The van der Waals surface area contributed by atoms with Gasteiger partial charge in [0, 0.05) is 26.9 Å². The molecular formula is C10H9ClOS2. The average Bonchev–Trinajstić information content (AvgIpc) is 2.63. The zero-order valence-electron chi connectivity index (χ0n) is 7.58. The SMILES string of the molecule is COc1cc2c(S)ccc(CCl)c2s1. The molecule has 0 aliphatic heterocycles. The van der Waals surface area contributed by atoms with E-state index in [4.69, 9.17) is 16.3 Å². The van der Waals surface area contributed by atoms with Crippen LogP contribution >= 0.6 is 35.6 Å². The van der Waals surface area contributed by atoms with Crippen LogP contribution < -0.4 is 4.74 Å². The van der Waals surface area contributed by atoms with Crippen LogP contribution in [0.2, 0.25) is 0 Å². The molecule has 2 rings (SSSR count). The van der Waals surface area contributed by atoms with Crippen LogP contribution in [0.15, 0.2) is 23.1 Å². The van der Waals surface area contributed by atoms with Gasteiger partial charge in [0.05, 0.1) is 7.11 Å². The van der Waals surface area contributed by atoms with E-state index in [2.05, 4.69) is 12.6 Å². The monoisotopic (exact) mass is 244 g/mol.